The third kappa shape index (κ3) is 3.05. The Morgan fingerprint density at radius 1 is 1.30 bits per heavy atom. The zero-order valence-electron chi connectivity index (χ0n) is 11.5. The first kappa shape index (κ1) is 13.3. The SMILES string of the molecule is CCNC(Cc1ccccn1)Cc1cn2ccsc2n1. The first-order valence-corrected chi connectivity index (χ1v) is 7.77. The summed E-state index contributed by atoms with van der Waals surface area (Å²) in [4.78, 5) is 10.1. The van der Waals surface area contributed by atoms with Crippen molar-refractivity contribution in [3.8, 4) is 0 Å². The molecule has 5 heteroatoms. The van der Waals surface area contributed by atoms with Crippen LogP contribution < -0.4 is 5.32 Å². The minimum Gasteiger partial charge on any atom is -0.313 e. The van der Waals surface area contributed by atoms with Gasteiger partial charge in [-0.15, -0.1) is 11.3 Å². The topological polar surface area (TPSA) is 42.2 Å². The molecule has 0 radical (unpaired) electrons. The number of nitrogens with zero attached hydrogens (tertiary/aromatic N) is 3. The van der Waals surface area contributed by atoms with Crippen molar-refractivity contribution >= 4 is 16.3 Å². The number of fused-ring (bicyclic) bond motifs is 1. The van der Waals surface area contributed by atoms with E-state index in [2.05, 4.69) is 50.4 Å². The minimum atomic E-state index is 0.375. The van der Waals surface area contributed by atoms with Gasteiger partial charge in [0.1, 0.15) is 0 Å². The van der Waals surface area contributed by atoms with Crippen molar-refractivity contribution in [3.05, 3.63) is 53.6 Å². The number of thiazole rings is 1. The molecule has 1 atom stereocenters. The third-order valence-electron chi connectivity index (χ3n) is 3.27. The van der Waals surface area contributed by atoms with Crippen molar-refractivity contribution in [1.82, 2.24) is 19.7 Å². The van der Waals surface area contributed by atoms with Crippen LogP contribution in [0.25, 0.3) is 4.96 Å². The summed E-state index contributed by atoms with van der Waals surface area (Å²) in [5, 5.41) is 5.59. The molecule has 0 bridgehead atoms. The average molecular weight is 286 g/mol. The largest absolute Gasteiger partial charge is 0.313 e. The summed E-state index contributed by atoms with van der Waals surface area (Å²) in [6.45, 7) is 3.09. The molecule has 3 aromatic heterocycles. The Hall–Kier alpha value is -1.72. The molecule has 0 aliphatic carbocycles. The van der Waals surface area contributed by atoms with E-state index in [4.69, 9.17) is 0 Å². The lowest BCUT2D eigenvalue weighted by Crippen LogP contribution is -2.33. The molecule has 0 aliphatic rings. The second-order valence-corrected chi connectivity index (χ2v) is 5.68. The molecule has 3 heterocycles. The van der Waals surface area contributed by atoms with Crippen LogP contribution in [0.2, 0.25) is 0 Å². The summed E-state index contributed by atoms with van der Waals surface area (Å²) >= 11 is 1.67. The van der Waals surface area contributed by atoms with Crippen molar-refractivity contribution < 1.29 is 0 Å². The van der Waals surface area contributed by atoms with Crippen LogP contribution in [0.4, 0.5) is 0 Å². The maximum Gasteiger partial charge on any atom is 0.193 e. The second kappa shape index (κ2) is 6.15. The molecule has 104 valence electrons. The number of rotatable bonds is 6. The predicted octanol–water partition coefficient (Wildman–Crippen LogP) is 2.55. The molecule has 20 heavy (non-hydrogen) atoms. The molecule has 1 N–H and O–H groups in total. The molecule has 3 aromatic rings. The van der Waals surface area contributed by atoms with Gasteiger partial charge in [0, 0.05) is 48.5 Å². The maximum atomic E-state index is 4.66. The second-order valence-electron chi connectivity index (χ2n) is 4.81. The van der Waals surface area contributed by atoms with Gasteiger partial charge in [-0.3, -0.25) is 9.38 Å². The molecule has 0 saturated carbocycles. The van der Waals surface area contributed by atoms with Crippen LogP contribution >= 0.6 is 11.3 Å². The zero-order chi connectivity index (χ0) is 13.8. The molecule has 4 nitrogen and oxygen atoms in total. The third-order valence-corrected chi connectivity index (χ3v) is 4.04. The molecular formula is C15H18N4S. The number of nitrogens with one attached hydrogen (secondary N) is 1. The highest BCUT2D eigenvalue weighted by atomic mass is 32.1. The molecule has 0 fully saturated rings. The minimum absolute atomic E-state index is 0.375. The van der Waals surface area contributed by atoms with Gasteiger partial charge in [0.15, 0.2) is 4.96 Å². The van der Waals surface area contributed by atoms with E-state index in [-0.39, 0.29) is 0 Å². The molecule has 0 aromatic carbocycles. The standard InChI is InChI=1S/C15H18N4S/c1-2-16-13(9-12-5-3-4-6-17-12)10-14-11-19-7-8-20-15(19)18-14/h3-8,11,13,16H,2,9-10H2,1H3. The van der Waals surface area contributed by atoms with Gasteiger partial charge >= 0.3 is 0 Å². The monoisotopic (exact) mass is 286 g/mol. The summed E-state index contributed by atoms with van der Waals surface area (Å²) in [6, 6.07) is 6.45. The van der Waals surface area contributed by atoms with Gasteiger partial charge in [-0.25, -0.2) is 4.98 Å². The maximum absolute atomic E-state index is 4.66. The van der Waals surface area contributed by atoms with Crippen molar-refractivity contribution in [1.29, 1.82) is 0 Å². The van der Waals surface area contributed by atoms with Gasteiger partial charge in [-0.05, 0) is 18.7 Å². The first-order chi connectivity index (χ1) is 9.85. The Morgan fingerprint density at radius 2 is 2.20 bits per heavy atom. The van der Waals surface area contributed by atoms with Crippen LogP contribution in [-0.2, 0) is 12.8 Å². The first-order valence-electron chi connectivity index (χ1n) is 6.89. The number of hydrogen-bond donors (Lipinski definition) is 1. The van der Waals surface area contributed by atoms with Crippen LogP contribution in [-0.4, -0.2) is 27.0 Å². The molecule has 0 spiro atoms. The summed E-state index contributed by atoms with van der Waals surface area (Å²) in [5.74, 6) is 0. The number of pyridine rings is 1. The van der Waals surface area contributed by atoms with Crippen LogP contribution in [0.1, 0.15) is 18.3 Å². The molecular weight excluding hydrogens is 268 g/mol. The van der Waals surface area contributed by atoms with E-state index in [9.17, 15) is 0 Å². The van der Waals surface area contributed by atoms with Crippen LogP contribution in [0.3, 0.4) is 0 Å². The Kier molecular flexibility index (Phi) is 4.08. The van der Waals surface area contributed by atoms with Gasteiger partial charge in [0.25, 0.3) is 0 Å². The van der Waals surface area contributed by atoms with Crippen LogP contribution in [0.5, 0.6) is 0 Å². The normalized spacial score (nSPS) is 12.8. The van der Waals surface area contributed by atoms with Gasteiger partial charge in [0.05, 0.1) is 5.69 Å². The molecule has 0 aliphatic heterocycles. The van der Waals surface area contributed by atoms with E-state index in [0.717, 1.165) is 35.7 Å². The highest BCUT2D eigenvalue weighted by Crippen LogP contribution is 2.13. The van der Waals surface area contributed by atoms with Gasteiger partial charge in [0.2, 0.25) is 0 Å². The van der Waals surface area contributed by atoms with E-state index in [0.29, 0.717) is 6.04 Å². The van der Waals surface area contributed by atoms with Crippen molar-refractivity contribution in [3.63, 3.8) is 0 Å². The lowest BCUT2D eigenvalue weighted by molar-refractivity contribution is 0.513. The fraction of sp³-hybridized carbons (Fsp3) is 0.333. The van der Waals surface area contributed by atoms with Crippen molar-refractivity contribution in [2.75, 3.05) is 6.54 Å². The highest BCUT2D eigenvalue weighted by molar-refractivity contribution is 7.15. The lowest BCUT2D eigenvalue weighted by Gasteiger charge is -2.16. The Labute approximate surface area is 122 Å². The fourth-order valence-electron chi connectivity index (χ4n) is 2.40. The Balaban J connectivity index is 1.72. The van der Waals surface area contributed by atoms with Gasteiger partial charge < -0.3 is 5.32 Å². The smallest absolute Gasteiger partial charge is 0.193 e. The summed E-state index contributed by atoms with van der Waals surface area (Å²) < 4.78 is 2.09. The quantitative estimate of drug-likeness (QED) is 0.757. The summed E-state index contributed by atoms with van der Waals surface area (Å²) in [7, 11) is 0. The van der Waals surface area contributed by atoms with E-state index in [1.165, 1.54) is 0 Å². The van der Waals surface area contributed by atoms with Crippen LogP contribution in [0.15, 0.2) is 42.2 Å². The Bertz CT molecular complexity index is 630. The average Bonchev–Trinajstić information content (AvgIpc) is 3.01. The van der Waals surface area contributed by atoms with E-state index in [1.807, 2.05) is 18.3 Å². The van der Waals surface area contributed by atoms with Crippen molar-refractivity contribution in [2.24, 2.45) is 0 Å². The molecule has 1 unspecified atom stereocenters. The lowest BCUT2D eigenvalue weighted by atomic mass is 10.1. The fourth-order valence-corrected chi connectivity index (χ4v) is 3.12. The van der Waals surface area contributed by atoms with Gasteiger partial charge in [-0.1, -0.05) is 13.0 Å². The van der Waals surface area contributed by atoms with E-state index < -0.39 is 0 Å². The van der Waals surface area contributed by atoms with E-state index >= 15 is 0 Å². The molecule has 0 amide bonds. The molecule has 0 saturated heterocycles. The highest BCUT2D eigenvalue weighted by Gasteiger charge is 2.12. The molecule has 3 rings (SSSR count). The number of imidazole rings is 1. The predicted molar refractivity (Wildman–Crippen MR) is 82.2 cm³/mol. The van der Waals surface area contributed by atoms with Crippen LogP contribution in [0, 0.1) is 0 Å². The van der Waals surface area contributed by atoms with Gasteiger partial charge in [-0.2, -0.15) is 0 Å². The van der Waals surface area contributed by atoms with Crippen molar-refractivity contribution in [2.45, 2.75) is 25.8 Å². The number of likely N-dealkylation sites (N-methyl/N-ethyl adjacent to an activating group) is 1. The Morgan fingerprint density at radius 3 is 2.95 bits per heavy atom. The van der Waals surface area contributed by atoms with E-state index in [1.54, 1.807) is 11.3 Å². The summed E-state index contributed by atoms with van der Waals surface area (Å²) in [6.07, 6.45) is 7.88. The zero-order valence-corrected chi connectivity index (χ0v) is 12.3. The summed E-state index contributed by atoms with van der Waals surface area (Å²) in [5.41, 5.74) is 2.26. The number of aromatic nitrogens is 3. The number of hydrogen-bond acceptors (Lipinski definition) is 4.